The van der Waals surface area contributed by atoms with Crippen LogP contribution in [0.2, 0.25) is 5.02 Å². The van der Waals surface area contributed by atoms with E-state index in [1.54, 1.807) is 22.9 Å². The fraction of sp³-hybridized carbons (Fsp3) is 0.579. The summed E-state index contributed by atoms with van der Waals surface area (Å²) in [6.07, 6.45) is 1.39. The first-order valence-electron chi connectivity index (χ1n) is 9.00. The van der Waals surface area contributed by atoms with Crippen molar-refractivity contribution >= 4 is 29.4 Å². The molecule has 0 bridgehead atoms. The SMILES string of the molecule is CN(CC1CCCN(C(=O)Nc2ccc(Cl)c(F)c2)C1)C(=O)OC(C)(C)C. The van der Waals surface area contributed by atoms with E-state index >= 15 is 0 Å². The summed E-state index contributed by atoms with van der Waals surface area (Å²) in [5, 5.41) is 2.70. The summed E-state index contributed by atoms with van der Waals surface area (Å²) in [6.45, 7) is 7.12. The molecule has 150 valence electrons. The van der Waals surface area contributed by atoms with Crippen molar-refractivity contribution in [2.75, 3.05) is 32.0 Å². The number of likely N-dealkylation sites (tertiary alicyclic amines) is 1. The Morgan fingerprint density at radius 1 is 1.41 bits per heavy atom. The third-order valence-corrected chi connectivity index (χ3v) is 4.52. The molecule has 1 saturated heterocycles. The molecule has 0 spiro atoms. The Morgan fingerprint density at radius 3 is 2.74 bits per heavy atom. The molecule has 1 heterocycles. The predicted molar refractivity (Wildman–Crippen MR) is 104 cm³/mol. The number of benzene rings is 1. The summed E-state index contributed by atoms with van der Waals surface area (Å²) < 4.78 is 18.9. The van der Waals surface area contributed by atoms with Gasteiger partial charge in [0.2, 0.25) is 0 Å². The van der Waals surface area contributed by atoms with Gasteiger partial charge in [-0.15, -0.1) is 0 Å². The summed E-state index contributed by atoms with van der Waals surface area (Å²) >= 11 is 5.66. The van der Waals surface area contributed by atoms with Crippen LogP contribution in [0, 0.1) is 11.7 Å². The Labute approximate surface area is 164 Å². The van der Waals surface area contributed by atoms with Crippen LogP contribution in [0.3, 0.4) is 0 Å². The first-order chi connectivity index (χ1) is 12.5. The first kappa shape index (κ1) is 21.3. The third kappa shape index (κ3) is 6.57. The van der Waals surface area contributed by atoms with E-state index in [1.165, 1.54) is 12.1 Å². The molecule has 6 nitrogen and oxygen atoms in total. The smallest absolute Gasteiger partial charge is 0.410 e. The Hall–Kier alpha value is -2.02. The second-order valence-electron chi connectivity index (χ2n) is 7.87. The van der Waals surface area contributed by atoms with Crippen molar-refractivity contribution in [2.45, 2.75) is 39.2 Å². The van der Waals surface area contributed by atoms with Crippen molar-refractivity contribution in [3.05, 3.63) is 29.0 Å². The van der Waals surface area contributed by atoms with Crippen LogP contribution in [-0.4, -0.2) is 54.2 Å². The Morgan fingerprint density at radius 2 is 2.11 bits per heavy atom. The number of carbonyl (C=O) groups is 2. The zero-order valence-corrected chi connectivity index (χ0v) is 17.0. The average Bonchev–Trinajstić information content (AvgIpc) is 2.57. The Bertz CT molecular complexity index is 693. The quantitative estimate of drug-likeness (QED) is 0.808. The van der Waals surface area contributed by atoms with Gasteiger partial charge in [0.25, 0.3) is 0 Å². The highest BCUT2D eigenvalue weighted by Crippen LogP contribution is 2.22. The summed E-state index contributed by atoms with van der Waals surface area (Å²) in [5.41, 5.74) is -0.188. The molecule has 2 rings (SSSR count). The van der Waals surface area contributed by atoms with Crippen molar-refractivity contribution in [1.82, 2.24) is 9.80 Å². The van der Waals surface area contributed by atoms with Crippen LogP contribution >= 0.6 is 11.6 Å². The molecular weight excluding hydrogens is 373 g/mol. The van der Waals surface area contributed by atoms with Crippen LogP contribution in [-0.2, 0) is 4.74 Å². The zero-order chi connectivity index (χ0) is 20.2. The van der Waals surface area contributed by atoms with Crippen LogP contribution in [0.15, 0.2) is 18.2 Å². The summed E-state index contributed by atoms with van der Waals surface area (Å²) in [5.74, 6) is -0.422. The fourth-order valence-corrected chi connectivity index (χ4v) is 3.09. The molecule has 1 aromatic carbocycles. The van der Waals surface area contributed by atoms with E-state index in [0.29, 0.717) is 25.3 Å². The monoisotopic (exact) mass is 399 g/mol. The maximum atomic E-state index is 13.5. The minimum Gasteiger partial charge on any atom is -0.444 e. The summed E-state index contributed by atoms with van der Waals surface area (Å²) in [4.78, 5) is 27.8. The number of hydrogen-bond acceptors (Lipinski definition) is 3. The van der Waals surface area contributed by atoms with Crippen LogP contribution in [0.4, 0.5) is 19.7 Å². The van der Waals surface area contributed by atoms with Gasteiger partial charge in [0.05, 0.1) is 5.02 Å². The van der Waals surface area contributed by atoms with E-state index in [0.717, 1.165) is 12.8 Å². The lowest BCUT2D eigenvalue weighted by molar-refractivity contribution is 0.0253. The van der Waals surface area contributed by atoms with E-state index < -0.39 is 11.4 Å². The van der Waals surface area contributed by atoms with Crippen molar-refractivity contribution < 1.29 is 18.7 Å². The van der Waals surface area contributed by atoms with E-state index in [4.69, 9.17) is 16.3 Å². The molecule has 8 heteroatoms. The zero-order valence-electron chi connectivity index (χ0n) is 16.2. The van der Waals surface area contributed by atoms with Crippen LogP contribution in [0.25, 0.3) is 0 Å². The number of amides is 3. The van der Waals surface area contributed by atoms with E-state index in [1.807, 2.05) is 20.8 Å². The third-order valence-electron chi connectivity index (χ3n) is 4.21. The number of nitrogens with one attached hydrogen (secondary N) is 1. The van der Waals surface area contributed by atoms with Gasteiger partial charge in [-0.2, -0.15) is 0 Å². The van der Waals surface area contributed by atoms with Crippen LogP contribution in [0.1, 0.15) is 33.6 Å². The van der Waals surface area contributed by atoms with Crippen LogP contribution in [0.5, 0.6) is 0 Å². The number of rotatable bonds is 3. The molecule has 0 aromatic heterocycles. The van der Waals surface area contributed by atoms with Gasteiger partial charge in [-0.05, 0) is 57.7 Å². The highest BCUT2D eigenvalue weighted by Gasteiger charge is 2.27. The molecule has 0 aliphatic carbocycles. The lowest BCUT2D eigenvalue weighted by atomic mass is 9.98. The highest BCUT2D eigenvalue weighted by molar-refractivity contribution is 6.30. The second kappa shape index (κ2) is 8.78. The van der Waals surface area contributed by atoms with Gasteiger partial charge in [-0.25, -0.2) is 14.0 Å². The van der Waals surface area contributed by atoms with Crippen molar-refractivity contribution in [1.29, 1.82) is 0 Å². The minimum absolute atomic E-state index is 0.0104. The average molecular weight is 400 g/mol. The molecule has 1 aromatic rings. The van der Waals surface area contributed by atoms with E-state index in [9.17, 15) is 14.0 Å². The standard InChI is InChI=1S/C19H27ClFN3O3/c1-19(2,3)27-18(26)23(4)11-13-6-5-9-24(12-13)17(25)22-14-7-8-15(20)16(21)10-14/h7-8,10,13H,5-6,9,11-12H2,1-4H3,(H,22,25). The largest absolute Gasteiger partial charge is 0.444 e. The summed E-state index contributed by atoms with van der Waals surface area (Å²) in [7, 11) is 1.70. The highest BCUT2D eigenvalue weighted by atomic mass is 35.5. The molecule has 1 fully saturated rings. The van der Waals surface area contributed by atoms with Crippen molar-refractivity contribution in [3.8, 4) is 0 Å². The molecule has 1 unspecified atom stereocenters. The number of anilines is 1. The summed E-state index contributed by atoms with van der Waals surface area (Å²) in [6, 6.07) is 3.86. The van der Waals surface area contributed by atoms with Gasteiger partial charge < -0.3 is 19.9 Å². The van der Waals surface area contributed by atoms with Crippen molar-refractivity contribution in [3.63, 3.8) is 0 Å². The number of nitrogens with zero attached hydrogens (tertiary/aromatic N) is 2. The normalized spacial score (nSPS) is 17.4. The lowest BCUT2D eigenvalue weighted by Gasteiger charge is -2.35. The maximum absolute atomic E-state index is 13.5. The van der Waals surface area contributed by atoms with Crippen molar-refractivity contribution in [2.24, 2.45) is 5.92 Å². The van der Waals surface area contributed by atoms with Gasteiger partial charge in [-0.1, -0.05) is 11.6 Å². The van der Waals surface area contributed by atoms with Gasteiger partial charge in [0, 0.05) is 32.4 Å². The molecular formula is C19H27ClFN3O3. The molecule has 1 atom stereocenters. The minimum atomic E-state index is -0.579. The number of halogens is 2. The molecule has 0 saturated carbocycles. The first-order valence-corrected chi connectivity index (χ1v) is 9.38. The lowest BCUT2D eigenvalue weighted by Crippen LogP contribution is -2.46. The molecule has 27 heavy (non-hydrogen) atoms. The number of ether oxygens (including phenoxy) is 1. The Balaban J connectivity index is 1.89. The maximum Gasteiger partial charge on any atom is 0.410 e. The van der Waals surface area contributed by atoms with E-state index in [-0.39, 0.29) is 23.1 Å². The Kier molecular flexibility index (Phi) is 6.92. The number of carbonyl (C=O) groups excluding carboxylic acids is 2. The molecule has 1 aliphatic rings. The molecule has 3 amide bonds. The van der Waals surface area contributed by atoms with Gasteiger partial charge >= 0.3 is 12.1 Å². The van der Waals surface area contributed by atoms with Gasteiger partial charge in [-0.3, -0.25) is 0 Å². The topological polar surface area (TPSA) is 61.9 Å². The van der Waals surface area contributed by atoms with Gasteiger partial charge in [0.1, 0.15) is 11.4 Å². The second-order valence-corrected chi connectivity index (χ2v) is 8.28. The molecule has 1 aliphatic heterocycles. The molecule has 1 N–H and O–H groups in total. The number of piperidine rings is 1. The number of urea groups is 1. The predicted octanol–water partition coefficient (Wildman–Crippen LogP) is 4.59. The fourth-order valence-electron chi connectivity index (χ4n) is 2.98. The van der Waals surface area contributed by atoms with E-state index in [2.05, 4.69) is 5.32 Å². The number of hydrogen-bond donors (Lipinski definition) is 1. The van der Waals surface area contributed by atoms with Gasteiger partial charge in [0.15, 0.2) is 0 Å². The van der Waals surface area contributed by atoms with Crippen LogP contribution < -0.4 is 5.32 Å². The molecule has 0 radical (unpaired) electrons.